The van der Waals surface area contributed by atoms with Crippen LogP contribution in [0, 0.1) is 29.6 Å². The standard InChI is InChI=1S/C14H9N3O2/c1-9-6-13(18)17(14(19)12(9)8-16)11-4-2-10(7-15)3-5-11/h2-6,19H,1H3. The number of aromatic hydroxyl groups is 1. The zero-order chi connectivity index (χ0) is 14.0. The van der Waals surface area contributed by atoms with Crippen LogP contribution in [-0.2, 0) is 0 Å². The fourth-order valence-electron chi connectivity index (χ4n) is 1.79. The molecule has 0 saturated carbocycles. The molecule has 0 aliphatic heterocycles. The van der Waals surface area contributed by atoms with Gasteiger partial charge in [-0.15, -0.1) is 0 Å². The Morgan fingerprint density at radius 2 is 1.79 bits per heavy atom. The normalized spacial score (nSPS) is 9.63. The largest absolute Gasteiger partial charge is 0.493 e. The summed E-state index contributed by atoms with van der Waals surface area (Å²) in [6.07, 6.45) is 0. The highest BCUT2D eigenvalue weighted by atomic mass is 16.3. The second kappa shape index (κ2) is 4.67. The molecule has 0 aliphatic carbocycles. The molecule has 2 aromatic rings. The molecule has 2 rings (SSSR count). The van der Waals surface area contributed by atoms with E-state index in [4.69, 9.17) is 10.5 Å². The van der Waals surface area contributed by atoms with Crippen LogP contribution in [-0.4, -0.2) is 9.67 Å². The summed E-state index contributed by atoms with van der Waals surface area (Å²) in [6, 6.07) is 11.3. The first-order chi connectivity index (χ1) is 9.08. The van der Waals surface area contributed by atoms with Gasteiger partial charge in [0.15, 0.2) is 0 Å². The molecule has 0 fully saturated rings. The third kappa shape index (κ3) is 2.05. The van der Waals surface area contributed by atoms with Gasteiger partial charge in [0.1, 0.15) is 11.6 Å². The van der Waals surface area contributed by atoms with Crippen molar-refractivity contribution in [3.8, 4) is 23.7 Å². The van der Waals surface area contributed by atoms with Gasteiger partial charge < -0.3 is 5.11 Å². The summed E-state index contributed by atoms with van der Waals surface area (Å²) in [6.45, 7) is 1.59. The van der Waals surface area contributed by atoms with E-state index in [2.05, 4.69) is 0 Å². The number of pyridine rings is 1. The second-order valence-electron chi connectivity index (χ2n) is 3.97. The molecule has 0 spiro atoms. The lowest BCUT2D eigenvalue weighted by molar-refractivity contribution is 0.433. The van der Waals surface area contributed by atoms with Crippen molar-refractivity contribution in [2.75, 3.05) is 0 Å². The highest BCUT2D eigenvalue weighted by Crippen LogP contribution is 2.21. The lowest BCUT2D eigenvalue weighted by Gasteiger charge is -2.10. The van der Waals surface area contributed by atoms with Gasteiger partial charge in [-0.25, -0.2) is 4.57 Å². The van der Waals surface area contributed by atoms with Crippen LogP contribution in [0.3, 0.4) is 0 Å². The van der Waals surface area contributed by atoms with Gasteiger partial charge >= 0.3 is 0 Å². The van der Waals surface area contributed by atoms with E-state index in [9.17, 15) is 9.90 Å². The number of benzene rings is 1. The molecule has 1 aromatic carbocycles. The Morgan fingerprint density at radius 3 is 2.32 bits per heavy atom. The predicted octanol–water partition coefficient (Wildman–Crippen LogP) is 1.59. The van der Waals surface area contributed by atoms with Crippen LogP contribution in [0.5, 0.6) is 5.88 Å². The van der Waals surface area contributed by atoms with Crippen LogP contribution in [0.4, 0.5) is 0 Å². The summed E-state index contributed by atoms with van der Waals surface area (Å²) in [5.74, 6) is -0.391. The Labute approximate surface area is 109 Å². The molecule has 0 atom stereocenters. The lowest BCUT2D eigenvalue weighted by atomic mass is 10.1. The van der Waals surface area contributed by atoms with Crippen molar-refractivity contribution in [3.63, 3.8) is 0 Å². The van der Waals surface area contributed by atoms with Crippen molar-refractivity contribution in [2.45, 2.75) is 6.92 Å². The van der Waals surface area contributed by atoms with Crippen LogP contribution in [0.2, 0.25) is 0 Å². The number of aromatic nitrogens is 1. The van der Waals surface area contributed by atoms with Crippen molar-refractivity contribution in [2.24, 2.45) is 0 Å². The van der Waals surface area contributed by atoms with Gasteiger partial charge in [0, 0.05) is 6.07 Å². The van der Waals surface area contributed by atoms with Gasteiger partial charge in [0.2, 0.25) is 5.88 Å². The van der Waals surface area contributed by atoms with Gasteiger partial charge in [-0.1, -0.05) is 0 Å². The molecule has 1 aromatic heterocycles. The predicted molar refractivity (Wildman–Crippen MR) is 67.9 cm³/mol. The van der Waals surface area contributed by atoms with Crippen LogP contribution in [0.15, 0.2) is 35.1 Å². The average molecular weight is 251 g/mol. The Morgan fingerprint density at radius 1 is 1.16 bits per heavy atom. The number of aryl methyl sites for hydroxylation is 1. The van der Waals surface area contributed by atoms with Crippen LogP contribution in [0.25, 0.3) is 5.69 Å². The van der Waals surface area contributed by atoms with E-state index in [0.717, 1.165) is 4.57 Å². The van der Waals surface area contributed by atoms with Crippen molar-refractivity contribution < 1.29 is 5.11 Å². The van der Waals surface area contributed by atoms with Crippen molar-refractivity contribution in [3.05, 3.63) is 57.4 Å². The first kappa shape index (κ1) is 12.4. The maximum absolute atomic E-state index is 11.9. The average Bonchev–Trinajstić information content (AvgIpc) is 2.39. The van der Waals surface area contributed by atoms with Gasteiger partial charge in [-0.3, -0.25) is 4.79 Å². The van der Waals surface area contributed by atoms with Crippen molar-refractivity contribution >= 4 is 0 Å². The van der Waals surface area contributed by atoms with E-state index in [0.29, 0.717) is 16.8 Å². The lowest BCUT2D eigenvalue weighted by Crippen LogP contribution is -2.19. The summed E-state index contributed by atoms with van der Waals surface area (Å²) in [5, 5.41) is 27.7. The Bertz CT molecular complexity index is 775. The summed E-state index contributed by atoms with van der Waals surface area (Å²) in [7, 11) is 0. The Kier molecular flexibility index (Phi) is 3.05. The zero-order valence-electron chi connectivity index (χ0n) is 10.1. The summed E-state index contributed by atoms with van der Waals surface area (Å²) in [5.41, 5.74) is 0.902. The molecule has 92 valence electrons. The van der Waals surface area contributed by atoms with E-state index < -0.39 is 11.4 Å². The van der Waals surface area contributed by atoms with Crippen molar-refractivity contribution in [1.82, 2.24) is 4.57 Å². The summed E-state index contributed by atoms with van der Waals surface area (Å²) in [4.78, 5) is 11.9. The number of nitrogens with zero attached hydrogens (tertiary/aromatic N) is 3. The number of rotatable bonds is 1. The van der Waals surface area contributed by atoms with E-state index in [1.165, 1.54) is 30.3 Å². The monoisotopic (exact) mass is 251 g/mol. The van der Waals surface area contributed by atoms with E-state index >= 15 is 0 Å². The zero-order valence-corrected chi connectivity index (χ0v) is 10.1. The summed E-state index contributed by atoms with van der Waals surface area (Å²) < 4.78 is 1.03. The molecule has 0 amide bonds. The molecule has 19 heavy (non-hydrogen) atoms. The number of hydrogen-bond acceptors (Lipinski definition) is 4. The molecule has 0 aliphatic rings. The quantitative estimate of drug-likeness (QED) is 0.833. The molecule has 5 nitrogen and oxygen atoms in total. The molecule has 0 saturated heterocycles. The minimum Gasteiger partial charge on any atom is -0.493 e. The maximum Gasteiger partial charge on any atom is 0.258 e. The Balaban J connectivity index is 2.73. The molecule has 1 heterocycles. The summed E-state index contributed by atoms with van der Waals surface area (Å²) >= 11 is 0. The molecule has 0 radical (unpaired) electrons. The highest BCUT2D eigenvalue weighted by Gasteiger charge is 2.13. The van der Waals surface area contributed by atoms with Gasteiger partial charge in [-0.2, -0.15) is 10.5 Å². The third-order valence-corrected chi connectivity index (χ3v) is 2.76. The third-order valence-electron chi connectivity index (χ3n) is 2.76. The minimum atomic E-state index is -0.432. The van der Waals surface area contributed by atoms with Gasteiger partial charge in [0.05, 0.1) is 17.3 Å². The molecule has 0 unspecified atom stereocenters. The van der Waals surface area contributed by atoms with Crippen LogP contribution < -0.4 is 5.56 Å². The van der Waals surface area contributed by atoms with Crippen LogP contribution in [0.1, 0.15) is 16.7 Å². The molecule has 0 bridgehead atoms. The minimum absolute atomic E-state index is 0.0592. The fraction of sp³-hybridized carbons (Fsp3) is 0.0714. The highest BCUT2D eigenvalue weighted by molar-refractivity contribution is 5.49. The smallest absolute Gasteiger partial charge is 0.258 e. The SMILES string of the molecule is Cc1cc(=O)n(-c2ccc(C#N)cc2)c(O)c1C#N. The molecular formula is C14H9N3O2. The van der Waals surface area contributed by atoms with Crippen LogP contribution >= 0.6 is 0 Å². The maximum atomic E-state index is 11.9. The van der Waals surface area contributed by atoms with Gasteiger partial charge in [-0.05, 0) is 36.8 Å². The molecule has 5 heteroatoms. The number of hydrogen-bond donors (Lipinski definition) is 1. The number of nitriles is 2. The van der Waals surface area contributed by atoms with E-state index in [1.807, 2.05) is 12.1 Å². The Hall–Kier alpha value is -3.05. The second-order valence-corrected chi connectivity index (χ2v) is 3.97. The topological polar surface area (TPSA) is 89.8 Å². The first-order valence-corrected chi connectivity index (χ1v) is 5.44. The fourth-order valence-corrected chi connectivity index (χ4v) is 1.79. The van der Waals surface area contributed by atoms with Crippen molar-refractivity contribution in [1.29, 1.82) is 10.5 Å². The molecule has 1 N–H and O–H groups in total. The molecular weight excluding hydrogens is 242 g/mol. The van der Waals surface area contributed by atoms with E-state index in [-0.39, 0.29) is 5.56 Å². The first-order valence-electron chi connectivity index (χ1n) is 5.44. The van der Waals surface area contributed by atoms with Gasteiger partial charge in [0.25, 0.3) is 5.56 Å². The van der Waals surface area contributed by atoms with E-state index in [1.54, 1.807) is 6.92 Å².